The van der Waals surface area contributed by atoms with E-state index in [2.05, 4.69) is 60.3 Å². The van der Waals surface area contributed by atoms with Gasteiger partial charge in [-0.15, -0.1) is 0 Å². The lowest BCUT2D eigenvalue weighted by Crippen LogP contribution is -2.25. The van der Waals surface area contributed by atoms with Gasteiger partial charge in [0.05, 0.1) is 6.04 Å². The summed E-state index contributed by atoms with van der Waals surface area (Å²) in [5.74, 6) is 0.989. The second kappa shape index (κ2) is 6.53. The van der Waals surface area contributed by atoms with Crippen LogP contribution >= 0.6 is 0 Å². The summed E-state index contributed by atoms with van der Waals surface area (Å²) in [5.41, 5.74) is 2.73. The summed E-state index contributed by atoms with van der Waals surface area (Å²) in [6.45, 7) is 6.53. The van der Waals surface area contributed by atoms with Crippen molar-refractivity contribution in [3.05, 3.63) is 53.6 Å². The number of nitrogens with zero attached hydrogens (tertiary/aromatic N) is 1. The zero-order valence-electron chi connectivity index (χ0n) is 12.0. The van der Waals surface area contributed by atoms with E-state index in [1.54, 1.807) is 6.20 Å². The van der Waals surface area contributed by atoms with E-state index in [4.69, 9.17) is 0 Å². The van der Waals surface area contributed by atoms with Crippen LogP contribution < -0.4 is 5.32 Å². The number of rotatable bonds is 6. The summed E-state index contributed by atoms with van der Waals surface area (Å²) in [5, 5.41) is 3.63. The number of hydrogen-bond acceptors (Lipinski definition) is 2. The van der Waals surface area contributed by atoms with Crippen molar-refractivity contribution >= 4 is 0 Å². The number of H-pyrrole nitrogens is 1. The fourth-order valence-electron chi connectivity index (χ4n) is 2.33. The first-order chi connectivity index (χ1) is 9.24. The van der Waals surface area contributed by atoms with Crippen molar-refractivity contribution in [2.75, 3.05) is 0 Å². The molecular formula is C16H23N3. The van der Waals surface area contributed by atoms with Crippen LogP contribution in [-0.2, 0) is 6.42 Å². The molecule has 1 heterocycles. The van der Waals surface area contributed by atoms with Crippen molar-refractivity contribution in [2.45, 2.75) is 45.7 Å². The Labute approximate surface area is 115 Å². The van der Waals surface area contributed by atoms with E-state index in [-0.39, 0.29) is 6.04 Å². The van der Waals surface area contributed by atoms with Crippen molar-refractivity contribution in [3.8, 4) is 0 Å². The minimum Gasteiger partial charge on any atom is -0.347 e. The third kappa shape index (κ3) is 3.44. The standard InChI is InChI=1S/C16H23N3/c1-4-13-6-8-14(9-7-13)15(5-2)19-12(3)16-17-10-11-18-16/h6-12,15,19H,4-5H2,1-3H3,(H,17,18). The molecule has 2 unspecified atom stereocenters. The fourth-order valence-corrected chi connectivity index (χ4v) is 2.33. The van der Waals surface area contributed by atoms with E-state index in [0.29, 0.717) is 6.04 Å². The SMILES string of the molecule is CCc1ccc(C(CC)NC(C)c2ncc[nH]2)cc1. The van der Waals surface area contributed by atoms with Crippen LogP contribution in [0.2, 0.25) is 0 Å². The molecule has 1 aromatic heterocycles. The third-order valence-electron chi connectivity index (χ3n) is 3.58. The first-order valence-corrected chi connectivity index (χ1v) is 7.08. The van der Waals surface area contributed by atoms with Crippen LogP contribution in [-0.4, -0.2) is 9.97 Å². The van der Waals surface area contributed by atoms with Crippen molar-refractivity contribution in [1.29, 1.82) is 0 Å². The van der Waals surface area contributed by atoms with Crippen LogP contribution in [0.1, 0.15) is 56.2 Å². The molecule has 19 heavy (non-hydrogen) atoms. The minimum absolute atomic E-state index is 0.228. The van der Waals surface area contributed by atoms with Gasteiger partial charge in [-0.05, 0) is 30.9 Å². The van der Waals surface area contributed by atoms with Gasteiger partial charge in [0, 0.05) is 18.4 Å². The van der Waals surface area contributed by atoms with E-state index < -0.39 is 0 Å². The number of aryl methyl sites for hydroxylation is 1. The summed E-state index contributed by atoms with van der Waals surface area (Å²) >= 11 is 0. The molecule has 0 aliphatic rings. The Hall–Kier alpha value is -1.61. The molecule has 2 atom stereocenters. The smallest absolute Gasteiger partial charge is 0.122 e. The second-order valence-corrected chi connectivity index (χ2v) is 4.92. The van der Waals surface area contributed by atoms with Crippen LogP contribution in [0, 0.1) is 0 Å². The van der Waals surface area contributed by atoms with E-state index in [1.807, 2.05) is 6.20 Å². The maximum atomic E-state index is 4.31. The zero-order chi connectivity index (χ0) is 13.7. The Morgan fingerprint density at radius 1 is 1.21 bits per heavy atom. The quantitative estimate of drug-likeness (QED) is 0.827. The van der Waals surface area contributed by atoms with E-state index in [0.717, 1.165) is 18.7 Å². The summed E-state index contributed by atoms with van der Waals surface area (Å²) < 4.78 is 0. The largest absolute Gasteiger partial charge is 0.347 e. The van der Waals surface area contributed by atoms with Gasteiger partial charge in [-0.2, -0.15) is 0 Å². The monoisotopic (exact) mass is 257 g/mol. The topological polar surface area (TPSA) is 40.7 Å². The average molecular weight is 257 g/mol. The van der Waals surface area contributed by atoms with Gasteiger partial charge in [0.15, 0.2) is 0 Å². The highest BCUT2D eigenvalue weighted by Crippen LogP contribution is 2.21. The number of imidazole rings is 1. The molecule has 0 aliphatic heterocycles. The lowest BCUT2D eigenvalue weighted by molar-refractivity contribution is 0.444. The number of benzene rings is 1. The van der Waals surface area contributed by atoms with Gasteiger partial charge >= 0.3 is 0 Å². The van der Waals surface area contributed by atoms with Crippen LogP contribution in [0.25, 0.3) is 0 Å². The Balaban J connectivity index is 2.06. The van der Waals surface area contributed by atoms with Gasteiger partial charge in [0.25, 0.3) is 0 Å². The summed E-state index contributed by atoms with van der Waals surface area (Å²) in [4.78, 5) is 7.47. The molecule has 0 aliphatic carbocycles. The highest BCUT2D eigenvalue weighted by atomic mass is 15.0. The maximum Gasteiger partial charge on any atom is 0.122 e. The van der Waals surface area contributed by atoms with Gasteiger partial charge in [-0.3, -0.25) is 0 Å². The number of aromatic nitrogens is 2. The van der Waals surface area contributed by atoms with Crippen molar-refractivity contribution in [1.82, 2.24) is 15.3 Å². The van der Waals surface area contributed by atoms with Gasteiger partial charge in [0.2, 0.25) is 0 Å². The predicted octanol–water partition coefficient (Wildman–Crippen LogP) is 3.77. The highest BCUT2D eigenvalue weighted by Gasteiger charge is 2.14. The first kappa shape index (κ1) is 13.8. The molecule has 2 N–H and O–H groups in total. The van der Waals surface area contributed by atoms with Gasteiger partial charge in [-0.1, -0.05) is 38.1 Å². The Morgan fingerprint density at radius 3 is 2.47 bits per heavy atom. The highest BCUT2D eigenvalue weighted by molar-refractivity contribution is 5.25. The average Bonchev–Trinajstić information content (AvgIpc) is 2.99. The molecule has 0 radical (unpaired) electrons. The van der Waals surface area contributed by atoms with Gasteiger partial charge in [-0.25, -0.2) is 4.98 Å². The van der Waals surface area contributed by atoms with Gasteiger partial charge in [0.1, 0.15) is 5.82 Å². The van der Waals surface area contributed by atoms with E-state index >= 15 is 0 Å². The first-order valence-electron chi connectivity index (χ1n) is 7.08. The Morgan fingerprint density at radius 2 is 1.95 bits per heavy atom. The molecule has 0 saturated heterocycles. The van der Waals surface area contributed by atoms with Crippen LogP contribution in [0.3, 0.4) is 0 Å². The number of nitrogens with one attached hydrogen (secondary N) is 2. The van der Waals surface area contributed by atoms with E-state index in [9.17, 15) is 0 Å². The molecule has 3 heteroatoms. The summed E-state index contributed by atoms with van der Waals surface area (Å²) in [6.07, 6.45) is 5.82. The molecule has 0 saturated carbocycles. The van der Waals surface area contributed by atoms with Crippen molar-refractivity contribution in [2.24, 2.45) is 0 Å². The van der Waals surface area contributed by atoms with Crippen molar-refractivity contribution < 1.29 is 0 Å². The molecule has 2 rings (SSSR count). The maximum absolute atomic E-state index is 4.31. The van der Waals surface area contributed by atoms with E-state index in [1.165, 1.54) is 11.1 Å². The molecule has 3 nitrogen and oxygen atoms in total. The fraction of sp³-hybridized carbons (Fsp3) is 0.438. The zero-order valence-corrected chi connectivity index (χ0v) is 12.0. The summed E-state index contributed by atoms with van der Waals surface area (Å²) in [6, 6.07) is 9.50. The normalized spacial score (nSPS) is 14.3. The lowest BCUT2D eigenvalue weighted by Gasteiger charge is -2.21. The third-order valence-corrected chi connectivity index (χ3v) is 3.58. The van der Waals surface area contributed by atoms with Crippen LogP contribution in [0.5, 0.6) is 0 Å². The molecule has 1 aromatic carbocycles. The minimum atomic E-state index is 0.228. The van der Waals surface area contributed by atoms with Crippen LogP contribution in [0.15, 0.2) is 36.7 Å². The predicted molar refractivity (Wildman–Crippen MR) is 79.0 cm³/mol. The molecule has 0 spiro atoms. The lowest BCUT2D eigenvalue weighted by atomic mass is 10.0. The molecule has 0 fully saturated rings. The van der Waals surface area contributed by atoms with Crippen molar-refractivity contribution in [3.63, 3.8) is 0 Å². The second-order valence-electron chi connectivity index (χ2n) is 4.92. The Kier molecular flexibility index (Phi) is 4.74. The summed E-state index contributed by atoms with van der Waals surface area (Å²) in [7, 11) is 0. The molecule has 102 valence electrons. The molecular weight excluding hydrogens is 234 g/mol. The molecule has 0 bridgehead atoms. The molecule has 2 aromatic rings. The number of hydrogen-bond donors (Lipinski definition) is 2. The van der Waals surface area contributed by atoms with Crippen LogP contribution in [0.4, 0.5) is 0 Å². The number of aromatic amines is 1. The molecule has 0 amide bonds. The Bertz CT molecular complexity index is 473. The van der Waals surface area contributed by atoms with Gasteiger partial charge < -0.3 is 10.3 Å².